The Bertz CT molecular complexity index is 1150. The van der Waals surface area contributed by atoms with E-state index in [0.29, 0.717) is 17.1 Å². The van der Waals surface area contributed by atoms with Crippen molar-refractivity contribution in [3.63, 3.8) is 0 Å². The lowest BCUT2D eigenvalue weighted by Crippen LogP contribution is -2.33. The fourth-order valence-corrected chi connectivity index (χ4v) is 5.57. The highest BCUT2D eigenvalue weighted by Crippen LogP contribution is 2.38. The minimum absolute atomic E-state index is 0.0175. The van der Waals surface area contributed by atoms with Gasteiger partial charge in [-0.1, -0.05) is 25.7 Å². The molecule has 3 N–H and O–H groups in total. The van der Waals surface area contributed by atoms with Crippen molar-refractivity contribution in [2.24, 2.45) is 11.8 Å². The van der Waals surface area contributed by atoms with Crippen molar-refractivity contribution in [1.82, 2.24) is 9.97 Å². The molecule has 8 heteroatoms. The van der Waals surface area contributed by atoms with E-state index in [4.69, 9.17) is 10.4 Å². The summed E-state index contributed by atoms with van der Waals surface area (Å²) in [6.07, 6.45) is 12.1. The molecule has 2 aliphatic carbocycles. The second-order valence-corrected chi connectivity index (χ2v) is 10.4. The van der Waals surface area contributed by atoms with Crippen LogP contribution < -0.4 is 10.2 Å². The Kier molecular flexibility index (Phi) is 7.17. The number of anilines is 2. The summed E-state index contributed by atoms with van der Waals surface area (Å²) in [5, 5.41) is 31.6. The lowest BCUT2D eigenvalue weighted by molar-refractivity contribution is 0.0690. The number of hydrogen-bond acceptors (Lipinski definition) is 7. The van der Waals surface area contributed by atoms with Gasteiger partial charge >= 0.3 is 5.97 Å². The van der Waals surface area contributed by atoms with Crippen LogP contribution in [0.25, 0.3) is 11.1 Å². The Labute approximate surface area is 212 Å². The van der Waals surface area contributed by atoms with Crippen molar-refractivity contribution in [3.05, 3.63) is 35.7 Å². The monoisotopic (exact) mass is 486 g/mol. The Hall–Kier alpha value is -3.47. The summed E-state index contributed by atoms with van der Waals surface area (Å²) in [5.74, 6) is 0.605. The molecule has 0 radical (unpaired) electrons. The van der Waals surface area contributed by atoms with Crippen LogP contribution in [0.1, 0.15) is 80.3 Å². The first-order chi connectivity index (χ1) is 17.5. The number of carboxylic acid groups (broad SMARTS) is 1. The van der Waals surface area contributed by atoms with E-state index in [1.807, 2.05) is 12.1 Å². The number of carbonyl (C=O) groups is 1. The molecule has 0 bridgehead atoms. The number of piperidine rings is 1. The number of nitriles is 1. The number of hydrogen-bond donors (Lipinski definition) is 3. The Morgan fingerprint density at radius 3 is 2.42 bits per heavy atom. The molecule has 3 fully saturated rings. The third kappa shape index (κ3) is 5.06. The summed E-state index contributed by atoms with van der Waals surface area (Å²) >= 11 is 0. The van der Waals surface area contributed by atoms with Crippen molar-refractivity contribution >= 4 is 23.3 Å². The standard InChI is InChI=1S/C28H34N6O2/c29-16-18-11-13-34(14-12-18)24-10-9-20(17-31-24)22-15-23(28(35)36)33-27(32-21-7-2-1-3-8-21)25(22)26(30)19-5-4-6-19/h9-10,15,17-19,21,30H,1-8,11-14H2,(H,32,33)(H,35,36). The van der Waals surface area contributed by atoms with Gasteiger partial charge in [0, 0.05) is 54.0 Å². The average Bonchev–Trinajstić information content (AvgIpc) is 2.88. The highest BCUT2D eigenvalue weighted by atomic mass is 16.4. The first-order valence-electron chi connectivity index (χ1n) is 13.3. The molecule has 0 spiro atoms. The van der Waals surface area contributed by atoms with E-state index >= 15 is 0 Å². The minimum Gasteiger partial charge on any atom is -0.477 e. The van der Waals surface area contributed by atoms with Crippen LogP contribution in [0.5, 0.6) is 0 Å². The molecule has 0 amide bonds. The molecule has 2 aromatic rings. The maximum absolute atomic E-state index is 12.0. The molecule has 3 heterocycles. The Morgan fingerprint density at radius 2 is 1.83 bits per heavy atom. The first kappa shape index (κ1) is 24.2. The van der Waals surface area contributed by atoms with Gasteiger partial charge in [0.15, 0.2) is 5.69 Å². The summed E-state index contributed by atoms with van der Waals surface area (Å²) in [6, 6.07) is 8.15. The van der Waals surface area contributed by atoms with E-state index in [2.05, 4.69) is 21.3 Å². The molecule has 5 rings (SSSR count). The molecule has 0 atom stereocenters. The van der Waals surface area contributed by atoms with Crippen molar-refractivity contribution in [2.75, 3.05) is 23.3 Å². The number of nitrogens with one attached hydrogen (secondary N) is 2. The molecular formula is C28H34N6O2. The normalized spacial score (nSPS) is 19.4. The molecule has 188 valence electrons. The molecule has 3 aliphatic rings. The third-order valence-corrected chi connectivity index (χ3v) is 8.03. The van der Waals surface area contributed by atoms with Crippen LogP contribution in [0, 0.1) is 28.6 Å². The predicted molar refractivity (Wildman–Crippen MR) is 140 cm³/mol. The summed E-state index contributed by atoms with van der Waals surface area (Å²) in [4.78, 5) is 23.5. The van der Waals surface area contributed by atoms with Crippen LogP contribution in [-0.2, 0) is 0 Å². The minimum atomic E-state index is -1.07. The van der Waals surface area contributed by atoms with Gasteiger partial charge in [-0.15, -0.1) is 0 Å². The van der Waals surface area contributed by atoms with Gasteiger partial charge < -0.3 is 20.7 Å². The van der Waals surface area contributed by atoms with E-state index in [1.165, 1.54) is 6.42 Å². The van der Waals surface area contributed by atoms with Gasteiger partial charge in [0.25, 0.3) is 0 Å². The number of nitrogens with zero attached hydrogens (tertiary/aromatic N) is 4. The second-order valence-electron chi connectivity index (χ2n) is 10.4. The van der Waals surface area contributed by atoms with E-state index in [-0.39, 0.29) is 23.6 Å². The zero-order chi connectivity index (χ0) is 25.1. The van der Waals surface area contributed by atoms with Gasteiger partial charge in [0.05, 0.1) is 6.07 Å². The van der Waals surface area contributed by atoms with Crippen LogP contribution in [0.2, 0.25) is 0 Å². The molecule has 0 aromatic carbocycles. The molecule has 8 nitrogen and oxygen atoms in total. The Balaban J connectivity index is 1.51. The maximum atomic E-state index is 12.0. The summed E-state index contributed by atoms with van der Waals surface area (Å²) < 4.78 is 0. The third-order valence-electron chi connectivity index (χ3n) is 8.03. The molecule has 2 saturated carbocycles. The molecular weight excluding hydrogens is 452 g/mol. The fourth-order valence-electron chi connectivity index (χ4n) is 5.57. The molecule has 2 aromatic heterocycles. The fraction of sp³-hybridized carbons (Fsp3) is 0.536. The smallest absolute Gasteiger partial charge is 0.354 e. The highest BCUT2D eigenvalue weighted by Gasteiger charge is 2.30. The Morgan fingerprint density at radius 1 is 1.08 bits per heavy atom. The summed E-state index contributed by atoms with van der Waals surface area (Å²) in [7, 11) is 0. The number of aromatic carboxylic acids is 1. The predicted octanol–water partition coefficient (Wildman–Crippen LogP) is 5.49. The van der Waals surface area contributed by atoms with Gasteiger partial charge in [0.1, 0.15) is 11.6 Å². The lowest BCUT2D eigenvalue weighted by atomic mass is 9.78. The van der Waals surface area contributed by atoms with Crippen molar-refractivity contribution in [3.8, 4) is 17.2 Å². The number of aromatic nitrogens is 2. The van der Waals surface area contributed by atoms with Crippen LogP contribution in [0.15, 0.2) is 24.4 Å². The van der Waals surface area contributed by atoms with Crippen molar-refractivity contribution < 1.29 is 9.90 Å². The zero-order valence-electron chi connectivity index (χ0n) is 20.7. The van der Waals surface area contributed by atoms with Gasteiger partial charge in [-0.2, -0.15) is 5.26 Å². The average molecular weight is 487 g/mol. The van der Waals surface area contributed by atoms with Gasteiger partial charge in [-0.25, -0.2) is 14.8 Å². The molecule has 36 heavy (non-hydrogen) atoms. The number of carboxylic acids is 1. The first-order valence-corrected chi connectivity index (χ1v) is 13.3. The topological polar surface area (TPSA) is 126 Å². The van der Waals surface area contributed by atoms with Crippen LogP contribution in [0.3, 0.4) is 0 Å². The number of rotatable bonds is 7. The SMILES string of the molecule is N#CC1CCN(c2ccc(-c3cc(C(=O)O)nc(NC4CCCCC4)c3C(=N)C3CCC3)cn2)CC1. The van der Waals surface area contributed by atoms with Gasteiger partial charge in [-0.3, -0.25) is 0 Å². The maximum Gasteiger partial charge on any atom is 0.354 e. The molecule has 0 unspecified atom stereocenters. The van der Waals surface area contributed by atoms with Gasteiger partial charge in [0.2, 0.25) is 0 Å². The summed E-state index contributed by atoms with van der Waals surface area (Å²) in [6.45, 7) is 1.60. The highest BCUT2D eigenvalue weighted by molar-refractivity contribution is 6.10. The largest absolute Gasteiger partial charge is 0.477 e. The molecule has 1 saturated heterocycles. The van der Waals surface area contributed by atoms with Crippen molar-refractivity contribution in [1.29, 1.82) is 10.7 Å². The summed E-state index contributed by atoms with van der Waals surface area (Å²) in [5.41, 5.74) is 2.75. The van der Waals surface area contributed by atoms with Crippen LogP contribution in [0.4, 0.5) is 11.6 Å². The number of pyridine rings is 2. The lowest BCUT2D eigenvalue weighted by Gasteiger charge is -2.31. The van der Waals surface area contributed by atoms with E-state index in [0.717, 1.165) is 87.8 Å². The molecule has 1 aliphatic heterocycles. The van der Waals surface area contributed by atoms with E-state index < -0.39 is 5.97 Å². The second kappa shape index (κ2) is 10.7. The zero-order valence-corrected chi connectivity index (χ0v) is 20.7. The van der Waals surface area contributed by atoms with E-state index in [9.17, 15) is 15.2 Å². The van der Waals surface area contributed by atoms with Crippen LogP contribution in [-0.4, -0.2) is 45.9 Å². The van der Waals surface area contributed by atoms with Crippen LogP contribution >= 0.6 is 0 Å². The van der Waals surface area contributed by atoms with Crippen molar-refractivity contribution in [2.45, 2.75) is 70.3 Å². The van der Waals surface area contributed by atoms with Gasteiger partial charge in [-0.05, 0) is 62.3 Å². The quantitative estimate of drug-likeness (QED) is 0.441. The van der Waals surface area contributed by atoms with E-state index in [1.54, 1.807) is 12.3 Å².